The third-order valence-electron chi connectivity index (χ3n) is 4.76. The quantitative estimate of drug-likeness (QED) is 0.785. The van der Waals surface area contributed by atoms with Crippen molar-refractivity contribution < 1.29 is 9.59 Å². The summed E-state index contributed by atoms with van der Waals surface area (Å²) in [6, 6.07) is 14.1. The normalized spacial score (nSPS) is 17.0. The first-order chi connectivity index (χ1) is 12.6. The molecule has 1 saturated heterocycles. The molecule has 1 aliphatic heterocycles. The molecule has 0 aliphatic carbocycles. The van der Waals surface area contributed by atoms with Gasteiger partial charge in [0.05, 0.1) is 17.8 Å². The summed E-state index contributed by atoms with van der Waals surface area (Å²) in [5, 5.41) is 9.27. The lowest BCUT2D eigenvalue weighted by atomic mass is 10.0. The number of benzene rings is 2. The van der Waals surface area contributed by atoms with Crippen LogP contribution < -0.4 is 5.32 Å². The van der Waals surface area contributed by atoms with Crippen molar-refractivity contribution in [3.63, 3.8) is 0 Å². The second kappa shape index (κ2) is 6.63. The number of hydrogen-bond donors (Lipinski definition) is 1. The molecule has 0 radical (unpaired) electrons. The summed E-state index contributed by atoms with van der Waals surface area (Å²) in [4.78, 5) is 26.5. The van der Waals surface area contributed by atoms with Crippen LogP contribution in [0.4, 0.5) is 0 Å². The summed E-state index contributed by atoms with van der Waals surface area (Å²) in [7, 11) is 1.77. The molecule has 3 aromatic rings. The van der Waals surface area contributed by atoms with Gasteiger partial charge in [-0.3, -0.25) is 14.3 Å². The maximum atomic E-state index is 12.4. The van der Waals surface area contributed by atoms with Gasteiger partial charge in [-0.15, -0.1) is 0 Å². The second-order valence-corrected chi connectivity index (χ2v) is 6.69. The number of carbonyl (C=O) groups is 2. The molecule has 26 heavy (non-hydrogen) atoms. The van der Waals surface area contributed by atoms with Gasteiger partial charge in [-0.05, 0) is 16.3 Å². The van der Waals surface area contributed by atoms with Crippen LogP contribution in [0.15, 0.2) is 54.9 Å². The van der Waals surface area contributed by atoms with E-state index in [0.717, 1.165) is 16.3 Å². The van der Waals surface area contributed by atoms with Crippen LogP contribution in [0.5, 0.6) is 0 Å². The van der Waals surface area contributed by atoms with Gasteiger partial charge in [0.15, 0.2) is 0 Å². The summed E-state index contributed by atoms with van der Waals surface area (Å²) in [6.07, 6.45) is 3.52. The van der Waals surface area contributed by atoms with Crippen molar-refractivity contribution in [3.05, 3.63) is 66.0 Å². The molecular weight excluding hydrogens is 328 g/mol. The Balaban J connectivity index is 1.45. The number of aromatic nitrogens is 2. The number of nitrogens with one attached hydrogen (secondary N) is 1. The lowest BCUT2D eigenvalue weighted by molar-refractivity contribution is -0.128. The van der Waals surface area contributed by atoms with E-state index in [2.05, 4.69) is 34.7 Å². The van der Waals surface area contributed by atoms with Crippen molar-refractivity contribution in [2.75, 3.05) is 6.54 Å². The number of carbonyl (C=O) groups excluding carboxylic acids is 2. The smallest absolute Gasteiger partial charge is 0.254 e. The van der Waals surface area contributed by atoms with Crippen LogP contribution in [0.2, 0.25) is 0 Å². The summed E-state index contributed by atoms with van der Waals surface area (Å²) < 4.78 is 1.58. The monoisotopic (exact) mass is 348 g/mol. The molecule has 132 valence electrons. The molecule has 0 saturated carbocycles. The van der Waals surface area contributed by atoms with Crippen molar-refractivity contribution in [2.24, 2.45) is 7.05 Å². The first kappa shape index (κ1) is 16.3. The highest BCUT2D eigenvalue weighted by Crippen LogP contribution is 2.22. The highest BCUT2D eigenvalue weighted by atomic mass is 16.2. The first-order valence-corrected chi connectivity index (χ1v) is 8.64. The largest absolute Gasteiger partial charge is 0.347 e. The number of nitrogens with zero attached hydrogens (tertiary/aromatic N) is 3. The van der Waals surface area contributed by atoms with Crippen molar-refractivity contribution >= 4 is 22.6 Å². The van der Waals surface area contributed by atoms with Crippen LogP contribution in [0.25, 0.3) is 10.8 Å². The molecular formula is C20H20N4O2. The Morgan fingerprint density at radius 2 is 2.04 bits per heavy atom. The molecule has 6 heteroatoms. The van der Waals surface area contributed by atoms with Gasteiger partial charge in [-0.1, -0.05) is 42.5 Å². The molecule has 1 N–H and O–H groups in total. The topological polar surface area (TPSA) is 67.2 Å². The van der Waals surface area contributed by atoms with Crippen LogP contribution in [-0.2, 0) is 18.4 Å². The summed E-state index contributed by atoms with van der Waals surface area (Å²) in [5.74, 6) is -0.127. The van der Waals surface area contributed by atoms with E-state index < -0.39 is 0 Å². The van der Waals surface area contributed by atoms with Crippen LogP contribution in [0, 0.1) is 0 Å². The maximum absolute atomic E-state index is 12.4. The van der Waals surface area contributed by atoms with Crippen molar-refractivity contribution in [1.29, 1.82) is 0 Å². The van der Waals surface area contributed by atoms with Gasteiger partial charge in [0.25, 0.3) is 5.91 Å². The Labute approximate surface area is 151 Å². The highest BCUT2D eigenvalue weighted by molar-refractivity contribution is 5.94. The van der Waals surface area contributed by atoms with Gasteiger partial charge in [0.1, 0.15) is 0 Å². The number of aryl methyl sites for hydroxylation is 1. The Morgan fingerprint density at radius 1 is 1.23 bits per heavy atom. The average Bonchev–Trinajstić information content (AvgIpc) is 3.21. The van der Waals surface area contributed by atoms with Gasteiger partial charge >= 0.3 is 0 Å². The van der Waals surface area contributed by atoms with E-state index in [1.807, 2.05) is 23.1 Å². The third kappa shape index (κ3) is 3.18. The van der Waals surface area contributed by atoms with Gasteiger partial charge in [-0.25, -0.2) is 0 Å². The molecule has 0 spiro atoms. The Kier molecular flexibility index (Phi) is 4.16. The van der Waals surface area contributed by atoms with E-state index in [1.165, 1.54) is 6.20 Å². The zero-order valence-electron chi connectivity index (χ0n) is 14.6. The van der Waals surface area contributed by atoms with Crippen LogP contribution in [-0.4, -0.2) is 39.1 Å². The van der Waals surface area contributed by atoms with Crippen molar-refractivity contribution in [2.45, 2.75) is 19.0 Å². The molecule has 2 heterocycles. The van der Waals surface area contributed by atoms with Crippen molar-refractivity contribution in [1.82, 2.24) is 20.0 Å². The second-order valence-electron chi connectivity index (χ2n) is 6.69. The van der Waals surface area contributed by atoms with Gasteiger partial charge in [0, 0.05) is 32.8 Å². The van der Waals surface area contributed by atoms with E-state index in [0.29, 0.717) is 25.1 Å². The van der Waals surface area contributed by atoms with Crippen LogP contribution in [0.3, 0.4) is 0 Å². The van der Waals surface area contributed by atoms with E-state index in [-0.39, 0.29) is 17.9 Å². The Morgan fingerprint density at radius 3 is 2.85 bits per heavy atom. The lowest BCUT2D eigenvalue weighted by Gasteiger charge is -2.18. The van der Waals surface area contributed by atoms with E-state index in [1.54, 1.807) is 17.9 Å². The van der Waals surface area contributed by atoms with Crippen LogP contribution >= 0.6 is 0 Å². The number of likely N-dealkylation sites (tertiary alicyclic amines) is 1. The van der Waals surface area contributed by atoms with Crippen LogP contribution in [0.1, 0.15) is 22.3 Å². The Bertz CT molecular complexity index is 973. The molecule has 1 aromatic heterocycles. The predicted molar refractivity (Wildman–Crippen MR) is 98.4 cm³/mol. The molecule has 1 atom stereocenters. The fourth-order valence-electron chi connectivity index (χ4n) is 3.46. The summed E-state index contributed by atoms with van der Waals surface area (Å²) in [6.45, 7) is 1.08. The number of rotatable bonds is 4. The van der Waals surface area contributed by atoms with Gasteiger partial charge in [-0.2, -0.15) is 5.10 Å². The third-order valence-corrected chi connectivity index (χ3v) is 4.76. The first-order valence-electron chi connectivity index (χ1n) is 8.64. The van der Waals surface area contributed by atoms with E-state index in [9.17, 15) is 9.59 Å². The summed E-state index contributed by atoms with van der Waals surface area (Å²) in [5.41, 5.74) is 1.63. The maximum Gasteiger partial charge on any atom is 0.254 e. The molecule has 4 rings (SSSR count). The Hall–Kier alpha value is -3.15. The average molecular weight is 348 g/mol. The van der Waals surface area contributed by atoms with E-state index >= 15 is 0 Å². The fourth-order valence-corrected chi connectivity index (χ4v) is 3.46. The number of amides is 2. The molecule has 2 amide bonds. The number of fused-ring (bicyclic) bond motifs is 1. The lowest BCUT2D eigenvalue weighted by Crippen LogP contribution is -2.36. The molecule has 1 aliphatic rings. The standard InChI is InChI=1S/C20H20N4O2/c1-23-11-16(10-21-23)20(26)22-17-9-19(25)24(13-17)12-15-7-4-6-14-5-2-3-8-18(14)15/h2-8,10-11,17H,9,12-13H2,1H3,(H,22,26)/t17-/m1/s1. The van der Waals surface area contributed by atoms with Crippen molar-refractivity contribution in [3.8, 4) is 0 Å². The minimum absolute atomic E-state index is 0.0643. The predicted octanol–water partition coefficient (Wildman–Crippen LogP) is 2.10. The zero-order chi connectivity index (χ0) is 18.1. The minimum Gasteiger partial charge on any atom is -0.347 e. The molecule has 6 nitrogen and oxygen atoms in total. The number of hydrogen-bond acceptors (Lipinski definition) is 3. The molecule has 0 unspecified atom stereocenters. The highest BCUT2D eigenvalue weighted by Gasteiger charge is 2.31. The minimum atomic E-state index is -0.192. The SMILES string of the molecule is Cn1cc(C(=O)N[C@@H]2CC(=O)N(Cc3cccc4ccccc34)C2)cn1. The van der Waals surface area contributed by atoms with E-state index in [4.69, 9.17) is 0 Å². The molecule has 0 bridgehead atoms. The molecule has 2 aromatic carbocycles. The zero-order valence-corrected chi connectivity index (χ0v) is 14.6. The summed E-state index contributed by atoms with van der Waals surface area (Å²) >= 11 is 0. The van der Waals surface area contributed by atoms with Gasteiger partial charge < -0.3 is 10.2 Å². The van der Waals surface area contributed by atoms with Gasteiger partial charge in [0.2, 0.25) is 5.91 Å². The fraction of sp³-hybridized carbons (Fsp3) is 0.250. The molecule has 1 fully saturated rings.